The highest BCUT2D eigenvalue weighted by Gasteiger charge is 2.09. The molecule has 0 unspecified atom stereocenters. The van der Waals surface area contributed by atoms with E-state index < -0.39 is 0 Å². The molecule has 0 aliphatic heterocycles. The van der Waals surface area contributed by atoms with Crippen LogP contribution in [0.25, 0.3) is 0 Å². The fraction of sp³-hybridized carbons (Fsp3) is 0.533. The molecule has 0 atom stereocenters. The first kappa shape index (κ1) is 16.3. The van der Waals surface area contributed by atoms with E-state index in [0.29, 0.717) is 26.1 Å². The number of nitrogens with zero attached hydrogens (tertiary/aromatic N) is 1. The SMILES string of the molecule is CCNC(=O)CCN(CCCN)c1ccc(OC)cc1. The zero-order valence-electron chi connectivity index (χ0n) is 12.4. The Kier molecular flexibility index (Phi) is 7.50. The molecule has 0 heterocycles. The van der Waals surface area contributed by atoms with E-state index in [-0.39, 0.29) is 5.91 Å². The number of hydrogen-bond acceptors (Lipinski definition) is 4. The van der Waals surface area contributed by atoms with Gasteiger partial charge in [-0.05, 0) is 44.2 Å². The number of nitrogens with two attached hydrogens (primary N) is 1. The summed E-state index contributed by atoms with van der Waals surface area (Å²) in [5.41, 5.74) is 6.66. The van der Waals surface area contributed by atoms with E-state index in [2.05, 4.69) is 10.2 Å². The molecule has 0 aliphatic rings. The van der Waals surface area contributed by atoms with Gasteiger partial charge < -0.3 is 20.7 Å². The molecule has 1 aromatic rings. The number of carbonyl (C=O) groups is 1. The van der Waals surface area contributed by atoms with Gasteiger partial charge in [0, 0.05) is 31.7 Å². The molecule has 0 fully saturated rings. The normalized spacial score (nSPS) is 10.2. The lowest BCUT2D eigenvalue weighted by molar-refractivity contribution is -0.120. The summed E-state index contributed by atoms with van der Waals surface area (Å²) in [6.07, 6.45) is 1.39. The van der Waals surface area contributed by atoms with E-state index in [4.69, 9.17) is 10.5 Å². The molecule has 0 saturated heterocycles. The lowest BCUT2D eigenvalue weighted by Crippen LogP contribution is -2.32. The molecular weight excluding hydrogens is 254 g/mol. The second-order valence-corrected chi connectivity index (χ2v) is 4.53. The summed E-state index contributed by atoms with van der Waals surface area (Å²) in [5.74, 6) is 0.912. The number of benzene rings is 1. The van der Waals surface area contributed by atoms with Crippen LogP contribution in [-0.4, -0.2) is 39.2 Å². The van der Waals surface area contributed by atoms with Gasteiger partial charge in [0.05, 0.1) is 7.11 Å². The molecule has 0 saturated carbocycles. The van der Waals surface area contributed by atoms with Crippen LogP contribution in [0, 0.1) is 0 Å². The van der Waals surface area contributed by atoms with E-state index >= 15 is 0 Å². The van der Waals surface area contributed by atoms with Gasteiger partial charge in [-0.1, -0.05) is 0 Å². The Morgan fingerprint density at radius 3 is 2.55 bits per heavy atom. The lowest BCUT2D eigenvalue weighted by atomic mass is 10.2. The van der Waals surface area contributed by atoms with E-state index in [0.717, 1.165) is 24.4 Å². The number of hydrogen-bond donors (Lipinski definition) is 2. The van der Waals surface area contributed by atoms with Crippen molar-refractivity contribution in [2.24, 2.45) is 5.73 Å². The van der Waals surface area contributed by atoms with Gasteiger partial charge >= 0.3 is 0 Å². The monoisotopic (exact) mass is 279 g/mol. The molecule has 20 heavy (non-hydrogen) atoms. The number of nitrogens with one attached hydrogen (secondary N) is 1. The van der Waals surface area contributed by atoms with Crippen LogP contribution in [0.4, 0.5) is 5.69 Å². The van der Waals surface area contributed by atoms with Crippen LogP contribution in [0.3, 0.4) is 0 Å². The number of anilines is 1. The minimum absolute atomic E-state index is 0.0822. The van der Waals surface area contributed by atoms with Gasteiger partial charge in [0.1, 0.15) is 5.75 Å². The first-order chi connectivity index (χ1) is 9.71. The fourth-order valence-corrected chi connectivity index (χ4v) is 1.97. The summed E-state index contributed by atoms with van der Waals surface area (Å²) < 4.78 is 5.16. The average molecular weight is 279 g/mol. The molecule has 5 heteroatoms. The topological polar surface area (TPSA) is 67.6 Å². The van der Waals surface area contributed by atoms with Crippen molar-refractivity contribution in [1.82, 2.24) is 5.32 Å². The van der Waals surface area contributed by atoms with Crippen LogP contribution in [0.2, 0.25) is 0 Å². The van der Waals surface area contributed by atoms with Gasteiger partial charge in [-0.15, -0.1) is 0 Å². The van der Waals surface area contributed by atoms with E-state index in [1.54, 1.807) is 7.11 Å². The van der Waals surface area contributed by atoms with Crippen LogP contribution in [0.15, 0.2) is 24.3 Å². The van der Waals surface area contributed by atoms with E-state index in [9.17, 15) is 4.79 Å². The van der Waals surface area contributed by atoms with Gasteiger partial charge in [-0.2, -0.15) is 0 Å². The van der Waals surface area contributed by atoms with E-state index in [1.165, 1.54) is 0 Å². The Morgan fingerprint density at radius 1 is 1.30 bits per heavy atom. The zero-order chi connectivity index (χ0) is 14.8. The minimum atomic E-state index is 0.0822. The molecule has 0 radical (unpaired) electrons. The third-order valence-electron chi connectivity index (χ3n) is 3.05. The predicted molar refractivity (Wildman–Crippen MR) is 82.2 cm³/mol. The molecule has 1 aromatic carbocycles. The smallest absolute Gasteiger partial charge is 0.221 e. The third-order valence-corrected chi connectivity index (χ3v) is 3.05. The number of carbonyl (C=O) groups excluding carboxylic acids is 1. The maximum Gasteiger partial charge on any atom is 0.221 e. The molecule has 112 valence electrons. The van der Waals surface area contributed by atoms with Crippen molar-refractivity contribution in [3.05, 3.63) is 24.3 Å². The molecule has 3 N–H and O–H groups in total. The Morgan fingerprint density at radius 2 is 2.00 bits per heavy atom. The number of ether oxygens (including phenoxy) is 1. The summed E-state index contributed by atoms with van der Waals surface area (Å²) >= 11 is 0. The van der Waals surface area contributed by atoms with Crippen molar-refractivity contribution in [3.63, 3.8) is 0 Å². The van der Waals surface area contributed by atoms with Crippen molar-refractivity contribution in [1.29, 1.82) is 0 Å². The van der Waals surface area contributed by atoms with Crippen molar-refractivity contribution < 1.29 is 9.53 Å². The molecule has 0 bridgehead atoms. The van der Waals surface area contributed by atoms with Crippen molar-refractivity contribution in [2.45, 2.75) is 19.8 Å². The van der Waals surface area contributed by atoms with Crippen molar-refractivity contribution in [2.75, 3.05) is 38.2 Å². The molecule has 1 rings (SSSR count). The maximum atomic E-state index is 11.6. The molecule has 0 aliphatic carbocycles. The summed E-state index contributed by atoms with van der Waals surface area (Å²) in [4.78, 5) is 13.8. The second-order valence-electron chi connectivity index (χ2n) is 4.53. The highest BCUT2D eigenvalue weighted by Crippen LogP contribution is 2.19. The van der Waals surface area contributed by atoms with Crippen LogP contribution < -0.4 is 20.7 Å². The summed E-state index contributed by atoms with van der Waals surface area (Å²) in [5, 5.41) is 2.82. The standard InChI is InChI=1S/C15H25N3O2/c1-3-17-15(19)9-12-18(11-4-10-16)13-5-7-14(20-2)8-6-13/h5-8H,3-4,9-12,16H2,1-2H3,(H,17,19). The molecule has 5 nitrogen and oxygen atoms in total. The number of methoxy groups -OCH3 is 1. The molecule has 1 amide bonds. The maximum absolute atomic E-state index is 11.6. The summed E-state index contributed by atoms with van der Waals surface area (Å²) in [6, 6.07) is 7.87. The molecular formula is C15H25N3O2. The quantitative estimate of drug-likeness (QED) is 0.716. The molecule has 0 spiro atoms. The summed E-state index contributed by atoms with van der Waals surface area (Å²) in [6.45, 7) is 4.78. The third kappa shape index (κ3) is 5.48. The predicted octanol–water partition coefficient (Wildman–Crippen LogP) is 1.38. The van der Waals surface area contributed by atoms with Gasteiger partial charge in [0.15, 0.2) is 0 Å². The first-order valence-corrected chi connectivity index (χ1v) is 7.07. The highest BCUT2D eigenvalue weighted by atomic mass is 16.5. The van der Waals surface area contributed by atoms with Crippen LogP contribution >= 0.6 is 0 Å². The second kappa shape index (κ2) is 9.20. The Labute approximate surface area is 121 Å². The Hall–Kier alpha value is -1.75. The largest absolute Gasteiger partial charge is 0.497 e. The first-order valence-electron chi connectivity index (χ1n) is 7.07. The summed E-state index contributed by atoms with van der Waals surface area (Å²) in [7, 11) is 1.65. The Bertz CT molecular complexity index is 393. The van der Waals surface area contributed by atoms with Crippen molar-refractivity contribution in [3.8, 4) is 5.75 Å². The average Bonchev–Trinajstić information content (AvgIpc) is 2.48. The Balaban J connectivity index is 2.64. The van der Waals surface area contributed by atoms with Gasteiger partial charge in [-0.25, -0.2) is 0 Å². The van der Waals surface area contributed by atoms with Crippen LogP contribution in [0.1, 0.15) is 19.8 Å². The zero-order valence-corrected chi connectivity index (χ0v) is 12.4. The van der Waals surface area contributed by atoms with Gasteiger partial charge in [0.25, 0.3) is 0 Å². The van der Waals surface area contributed by atoms with E-state index in [1.807, 2.05) is 31.2 Å². The fourth-order valence-electron chi connectivity index (χ4n) is 1.97. The van der Waals surface area contributed by atoms with Gasteiger partial charge in [-0.3, -0.25) is 4.79 Å². The highest BCUT2D eigenvalue weighted by molar-refractivity contribution is 5.76. The van der Waals surface area contributed by atoms with Gasteiger partial charge in [0.2, 0.25) is 5.91 Å². The van der Waals surface area contributed by atoms with Crippen LogP contribution in [0.5, 0.6) is 5.75 Å². The lowest BCUT2D eigenvalue weighted by Gasteiger charge is -2.24. The number of rotatable bonds is 9. The number of amides is 1. The molecule has 0 aromatic heterocycles. The van der Waals surface area contributed by atoms with Crippen molar-refractivity contribution >= 4 is 11.6 Å². The minimum Gasteiger partial charge on any atom is -0.497 e. The van der Waals surface area contributed by atoms with Crippen LogP contribution in [-0.2, 0) is 4.79 Å².